The molecule has 0 saturated heterocycles. The molecule has 2 aromatic rings. The molecule has 0 aliphatic carbocycles. The largest absolute Gasteiger partial charge is 0.385 e. The number of hydrogen-bond donors (Lipinski definition) is 2. The van der Waals surface area contributed by atoms with E-state index in [9.17, 15) is 5.11 Å². The molecule has 0 amide bonds. The van der Waals surface area contributed by atoms with Crippen LogP contribution in [0.25, 0.3) is 5.52 Å². The van der Waals surface area contributed by atoms with Gasteiger partial charge in [-0.2, -0.15) is 0 Å². The van der Waals surface area contributed by atoms with Crippen molar-refractivity contribution in [2.75, 3.05) is 13.6 Å². The van der Waals surface area contributed by atoms with Gasteiger partial charge >= 0.3 is 0 Å². The number of aromatic nitrogens is 3. The molecule has 0 aliphatic rings. The summed E-state index contributed by atoms with van der Waals surface area (Å²) < 4.78 is 1.92. The standard InChI is InChI=1S/C10H14N4O/c1-7-13-10(9(15)6-11-2)8-5-12-3-4-14(7)8/h3-5,9,11,15H,6H2,1-2H3. The zero-order chi connectivity index (χ0) is 10.8. The Hall–Kier alpha value is -1.46. The summed E-state index contributed by atoms with van der Waals surface area (Å²) in [6, 6.07) is 0. The molecule has 0 bridgehead atoms. The van der Waals surface area contributed by atoms with Gasteiger partial charge in [-0.1, -0.05) is 0 Å². The molecule has 5 nitrogen and oxygen atoms in total. The summed E-state index contributed by atoms with van der Waals surface area (Å²) in [5.41, 5.74) is 1.53. The van der Waals surface area contributed by atoms with Gasteiger partial charge in [-0.05, 0) is 14.0 Å². The molecule has 2 aromatic heterocycles. The third-order valence-electron chi connectivity index (χ3n) is 2.36. The quantitative estimate of drug-likeness (QED) is 0.757. The first-order chi connectivity index (χ1) is 7.24. The van der Waals surface area contributed by atoms with Gasteiger partial charge in [0, 0.05) is 18.9 Å². The molecule has 80 valence electrons. The van der Waals surface area contributed by atoms with Crippen molar-refractivity contribution in [1.29, 1.82) is 0 Å². The fourth-order valence-electron chi connectivity index (χ4n) is 1.65. The predicted octanol–water partition coefficient (Wildman–Crippen LogP) is 0.291. The van der Waals surface area contributed by atoms with Gasteiger partial charge in [0.15, 0.2) is 0 Å². The van der Waals surface area contributed by atoms with Crippen molar-refractivity contribution in [1.82, 2.24) is 19.7 Å². The lowest BCUT2D eigenvalue weighted by Gasteiger charge is -2.06. The number of aliphatic hydroxyl groups is 1. The van der Waals surface area contributed by atoms with Gasteiger partial charge in [-0.25, -0.2) is 4.98 Å². The molecule has 1 atom stereocenters. The van der Waals surface area contributed by atoms with Crippen molar-refractivity contribution in [2.45, 2.75) is 13.0 Å². The van der Waals surface area contributed by atoms with Crippen LogP contribution in [0.2, 0.25) is 0 Å². The van der Waals surface area contributed by atoms with Crippen LogP contribution in [-0.2, 0) is 0 Å². The molecule has 5 heteroatoms. The Kier molecular flexibility index (Phi) is 2.66. The summed E-state index contributed by atoms with van der Waals surface area (Å²) >= 11 is 0. The van der Waals surface area contributed by atoms with Crippen LogP contribution < -0.4 is 5.32 Å². The number of likely N-dealkylation sites (N-methyl/N-ethyl adjacent to an activating group) is 1. The normalized spacial score (nSPS) is 13.3. The summed E-state index contributed by atoms with van der Waals surface area (Å²) in [5.74, 6) is 0.859. The summed E-state index contributed by atoms with van der Waals surface area (Å²) in [5, 5.41) is 12.8. The maximum absolute atomic E-state index is 9.87. The molecule has 2 rings (SSSR count). The number of rotatable bonds is 3. The molecule has 0 spiro atoms. The highest BCUT2D eigenvalue weighted by Crippen LogP contribution is 2.18. The van der Waals surface area contributed by atoms with Crippen molar-refractivity contribution in [3.05, 3.63) is 30.1 Å². The van der Waals surface area contributed by atoms with Gasteiger partial charge in [-0.15, -0.1) is 0 Å². The molecule has 0 aromatic carbocycles. The van der Waals surface area contributed by atoms with Crippen LogP contribution in [0.4, 0.5) is 0 Å². The third-order valence-corrected chi connectivity index (χ3v) is 2.36. The van der Waals surface area contributed by atoms with E-state index < -0.39 is 6.10 Å². The highest BCUT2D eigenvalue weighted by Gasteiger charge is 2.15. The third kappa shape index (κ3) is 1.71. The van der Waals surface area contributed by atoms with Crippen LogP contribution in [-0.4, -0.2) is 33.1 Å². The minimum Gasteiger partial charge on any atom is -0.385 e. The summed E-state index contributed by atoms with van der Waals surface area (Å²) in [6.07, 6.45) is 4.67. The molecule has 0 saturated carbocycles. The Labute approximate surface area is 87.8 Å². The number of aryl methyl sites for hydroxylation is 1. The van der Waals surface area contributed by atoms with Crippen LogP contribution in [0.1, 0.15) is 17.6 Å². The number of nitrogens with zero attached hydrogens (tertiary/aromatic N) is 3. The first-order valence-electron chi connectivity index (χ1n) is 4.85. The van der Waals surface area contributed by atoms with Crippen molar-refractivity contribution >= 4 is 5.52 Å². The predicted molar refractivity (Wildman–Crippen MR) is 56.6 cm³/mol. The van der Waals surface area contributed by atoms with Gasteiger partial charge in [0.25, 0.3) is 0 Å². The van der Waals surface area contributed by atoms with Crippen LogP contribution >= 0.6 is 0 Å². The summed E-state index contributed by atoms with van der Waals surface area (Å²) in [4.78, 5) is 8.38. The van der Waals surface area contributed by atoms with Crippen molar-refractivity contribution in [3.63, 3.8) is 0 Å². The Morgan fingerprint density at radius 2 is 2.40 bits per heavy atom. The second-order valence-corrected chi connectivity index (χ2v) is 3.45. The Morgan fingerprint density at radius 3 is 3.13 bits per heavy atom. The lowest BCUT2D eigenvalue weighted by atomic mass is 10.2. The minimum absolute atomic E-state index is 0.487. The van der Waals surface area contributed by atoms with Gasteiger partial charge in [0.1, 0.15) is 11.9 Å². The van der Waals surface area contributed by atoms with E-state index in [0.29, 0.717) is 12.2 Å². The summed E-state index contributed by atoms with van der Waals surface area (Å²) in [7, 11) is 1.80. The van der Waals surface area contributed by atoms with Crippen LogP contribution in [0.5, 0.6) is 0 Å². The topological polar surface area (TPSA) is 62.5 Å². The highest BCUT2D eigenvalue weighted by molar-refractivity contribution is 5.52. The number of nitrogens with one attached hydrogen (secondary N) is 1. The maximum atomic E-state index is 9.87. The van der Waals surface area contributed by atoms with E-state index in [4.69, 9.17) is 0 Å². The second-order valence-electron chi connectivity index (χ2n) is 3.45. The van der Waals surface area contributed by atoms with E-state index in [-0.39, 0.29) is 0 Å². The van der Waals surface area contributed by atoms with E-state index in [1.807, 2.05) is 17.5 Å². The van der Waals surface area contributed by atoms with E-state index >= 15 is 0 Å². The molecule has 0 radical (unpaired) electrons. The van der Waals surface area contributed by atoms with E-state index in [0.717, 1.165) is 11.3 Å². The molecular formula is C10H14N4O. The lowest BCUT2D eigenvalue weighted by Crippen LogP contribution is -2.17. The first-order valence-corrected chi connectivity index (χ1v) is 4.85. The number of aliphatic hydroxyl groups excluding tert-OH is 1. The lowest BCUT2D eigenvalue weighted by molar-refractivity contribution is 0.175. The van der Waals surface area contributed by atoms with Gasteiger partial charge in [0.2, 0.25) is 0 Å². The van der Waals surface area contributed by atoms with Crippen molar-refractivity contribution in [3.8, 4) is 0 Å². The average Bonchev–Trinajstić information content (AvgIpc) is 2.58. The Morgan fingerprint density at radius 1 is 1.60 bits per heavy atom. The van der Waals surface area contributed by atoms with Gasteiger partial charge in [0.05, 0.1) is 17.4 Å². The molecule has 1 unspecified atom stereocenters. The van der Waals surface area contributed by atoms with Gasteiger partial charge < -0.3 is 14.8 Å². The van der Waals surface area contributed by atoms with E-state index in [1.165, 1.54) is 0 Å². The van der Waals surface area contributed by atoms with Gasteiger partial charge in [-0.3, -0.25) is 4.98 Å². The number of hydrogen-bond acceptors (Lipinski definition) is 4. The molecular weight excluding hydrogens is 192 g/mol. The second kappa shape index (κ2) is 3.96. The molecule has 0 fully saturated rings. The molecule has 15 heavy (non-hydrogen) atoms. The van der Waals surface area contributed by atoms with Crippen molar-refractivity contribution < 1.29 is 5.11 Å². The Bertz CT molecular complexity index is 465. The fraction of sp³-hybridized carbons (Fsp3) is 0.400. The zero-order valence-corrected chi connectivity index (χ0v) is 8.81. The first kappa shape index (κ1) is 10.1. The fourth-order valence-corrected chi connectivity index (χ4v) is 1.65. The monoisotopic (exact) mass is 206 g/mol. The van der Waals surface area contributed by atoms with E-state index in [1.54, 1.807) is 19.4 Å². The van der Waals surface area contributed by atoms with Crippen molar-refractivity contribution in [2.24, 2.45) is 0 Å². The molecule has 2 N–H and O–H groups in total. The average molecular weight is 206 g/mol. The SMILES string of the molecule is CNCC(O)c1nc(C)n2ccncc12. The van der Waals surface area contributed by atoms with Crippen LogP contribution in [0.3, 0.4) is 0 Å². The molecule has 0 aliphatic heterocycles. The van der Waals surface area contributed by atoms with E-state index in [2.05, 4.69) is 15.3 Å². The number of imidazole rings is 1. The zero-order valence-electron chi connectivity index (χ0n) is 8.81. The Balaban J connectivity index is 2.52. The number of fused-ring (bicyclic) bond motifs is 1. The smallest absolute Gasteiger partial charge is 0.111 e. The minimum atomic E-state index is -0.595. The van der Waals surface area contributed by atoms with Crippen LogP contribution in [0, 0.1) is 6.92 Å². The summed E-state index contributed by atoms with van der Waals surface area (Å²) in [6.45, 7) is 2.39. The molecule has 2 heterocycles. The van der Waals surface area contributed by atoms with Crippen LogP contribution in [0.15, 0.2) is 18.6 Å². The maximum Gasteiger partial charge on any atom is 0.111 e. The highest BCUT2D eigenvalue weighted by atomic mass is 16.3.